The van der Waals surface area contributed by atoms with Crippen molar-refractivity contribution in [3.8, 4) is 0 Å². The fourth-order valence-corrected chi connectivity index (χ4v) is 3.17. The van der Waals surface area contributed by atoms with Gasteiger partial charge in [-0.3, -0.25) is 0 Å². The van der Waals surface area contributed by atoms with Crippen LogP contribution in [0.4, 0.5) is 0 Å². The van der Waals surface area contributed by atoms with Gasteiger partial charge in [0.25, 0.3) is 0 Å². The minimum Gasteiger partial charge on any atom is -0.329 e. The Balaban J connectivity index is 2.30. The fraction of sp³-hybridized carbons (Fsp3) is 1.00. The van der Waals surface area contributed by atoms with Crippen LogP contribution in [0.5, 0.6) is 0 Å². The van der Waals surface area contributed by atoms with E-state index in [1.807, 2.05) is 0 Å². The molecule has 0 aliphatic carbocycles. The van der Waals surface area contributed by atoms with E-state index in [0.717, 1.165) is 13.1 Å². The van der Waals surface area contributed by atoms with E-state index in [0.29, 0.717) is 16.7 Å². The van der Waals surface area contributed by atoms with Crippen LogP contribution in [-0.2, 0) is 0 Å². The standard InChI is InChI=1S/C11H24N2S/c1-9(2)10(7-12)13-8-11(3)5-4-6-14-11/h9-10,13H,4-8,12H2,1-3H3. The molecule has 0 spiro atoms. The molecular weight excluding hydrogens is 192 g/mol. The lowest BCUT2D eigenvalue weighted by molar-refractivity contribution is 0.384. The van der Waals surface area contributed by atoms with E-state index in [9.17, 15) is 0 Å². The van der Waals surface area contributed by atoms with Gasteiger partial charge in [0.15, 0.2) is 0 Å². The molecule has 1 saturated heterocycles. The van der Waals surface area contributed by atoms with E-state index in [2.05, 4.69) is 37.8 Å². The number of rotatable bonds is 5. The van der Waals surface area contributed by atoms with Crippen LogP contribution in [0.2, 0.25) is 0 Å². The van der Waals surface area contributed by atoms with Gasteiger partial charge in [0, 0.05) is 23.9 Å². The maximum atomic E-state index is 5.73. The molecule has 0 radical (unpaired) electrons. The van der Waals surface area contributed by atoms with Crippen molar-refractivity contribution >= 4 is 11.8 Å². The monoisotopic (exact) mass is 216 g/mol. The summed E-state index contributed by atoms with van der Waals surface area (Å²) in [5.74, 6) is 1.96. The van der Waals surface area contributed by atoms with E-state index < -0.39 is 0 Å². The average molecular weight is 216 g/mol. The molecule has 3 N–H and O–H groups in total. The number of nitrogens with one attached hydrogen (secondary N) is 1. The van der Waals surface area contributed by atoms with Gasteiger partial charge < -0.3 is 11.1 Å². The van der Waals surface area contributed by atoms with Crippen molar-refractivity contribution in [1.82, 2.24) is 5.32 Å². The molecule has 0 amide bonds. The average Bonchev–Trinajstić information content (AvgIpc) is 2.53. The first-order valence-electron chi connectivity index (χ1n) is 5.65. The highest BCUT2D eigenvalue weighted by Crippen LogP contribution is 2.37. The third-order valence-electron chi connectivity index (χ3n) is 3.10. The SMILES string of the molecule is CC(C)C(CN)NCC1(C)CCCS1. The van der Waals surface area contributed by atoms with Gasteiger partial charge in [-0.2, -0.15) is 11.8 Å². The largest absolute Gasteiger partial charge is 0.329 e. The molecule has 1 heterocycles. The molecule has 0 aromatic carbocycles. The maximum Gasteiger partial charge on any atom is 0.0256 e. The zero-order valence-corrected chi connectivity index (χ0v) is 10.5. The molecule has 3 heteroatoms. The number of hydrogen-bond acceptors (Lipinski definition) is 3. The van der Waals surface area contributed by atoms with E-state index in [4.69, 9.17) is 5.73 Å². The molecule has 84 valence electrons. The molecule has 2 atom stereocenters. The smallest absolute Gasteiger partial charge is 0.0256 e. The number of nitrogens with two attached hydrogens (primary N) is 1. The van der Waals surface area contributed by atoms with Crippen LogP contribution >= 0.6 is 11.8 Å². The number of hydrogen-bond donors (Lipinski definition) is 2. The summed E-state index contributed by atoms with van der Waals surface area (Å²) < 4.78 is 0.461. The second-order valence-corrected chi connectivity index (χ2v) is 6.55. The van der Waals surface area contributed by atoms with E-state index in [1.54, 1.807) is 0 Å². The predicted molar refractivity (Wildman–Crippen MR) is 65.8 cm³/mol. The predicted octanol–water partition coefficient (Wildman–Crippen LogP) is 1.85. The first kappa shape index (κ1) is 12.3. The summed E-state index contributed by atoms with van der Waals surface area (Å²) in [5, 5.41) is 3.61. The van der Waals surface area contributed by atoms with E-state index >= 15 is 0 Å². The Hall–Kier alpha value is 0.270. The van der Waals surface area contributed by atoms with Crippen LogP contribution in [0.25, 0.3) is 0 Å². The molecule has 14 heavy (non-hydrogen) atoms. The van der Waals surface area contributed by atoms with Crippen LogP contribution < -0.4 is 11.1 Å². The van der Waals surface area contributed by atoms with Gasteiger partial charge in [-0.15, -0.1) is 0 Å². The van der Waals surface area contributed by atoms with Gasteiger partial charge in [0.05, 0.1) is 0 Å². The second-order valence-electron chi connectivity index (χ2n) is 4.87. The zero-order valence-electron chi connectivity index (χ0n) is 9.68. The number of thioether (sulfide) groups is 1. The third-order valence-corrected chi connectivity index (χ3v) is 4.64. The molecule has 0 aromatic heterocycles. The maximum absolute atomic E-state index is 5.73. The molecule has 1 fully saturated rings. The molecule has 1 rings (SSSR count). The van der Waals surface area contributed by atoms with Gasteiger partial charge in [-0.05, 0) is 31.4 Å². The second kappa shape index (κ2) is 5.38. The van der Waals surface area contributed by atoms with Gasteiger partial charge >= 0.3 is 0 Å². The first-order valence-corrected chi connectivity index (χ1v) is 6.63. The lowest BCUT2D eigenvalue weighted by atomic mass is 10.0. The lowest BCUT2D eigenvalue weighted by Gasteiger charge is -2.28. The Morgan fingerprint density at radius 1 is 1.50 bits per heavy atom. The van der Waals surface area contributed by atoms with Crippen LogP contribution in [0, 0.1) is 5.92 Å². The van der Waals surface area contributed by atoms with Crippen LogP contribution in [0.15, 0.2) is 0 Å². The van der Waals surface area contributed by atoms with Crippen molar-refractivity contribution in [2.24, 2.45) is 11.7 Å². The van der Waals surface area contributed by atoms with Crippen molar-refractivity contribution in [2.75, 3.05) is 18.8 Å². The Kier molecular flexibility index (Phi) is 4.74. The highest BCUT2D eigenvalue weighted by molar-refractivity contribution is 8.00. The van der Waals surface area contributed by atoms with Crippen molar-refractivity contribution in [3.63, 3.8) is 0 Å². The molecule has 1 aliphatic heterocycles. The van der Waals surface area contributed by atoms with Crippen molar-refractivity contribution in [1.29, 1.82) is 0 Å². The fourth-order valence-electron chi connectivity index (χ4n) is 1.91. The van der Waals surface area contributed by atoms with Gasteiger partial charge in [0.1, 0.15) is 0 Å². The summed E-state index contributed by atoms with van der Waals surface area (Å²) in [5.41, 5.74) is 5.73. The van der Waals surface area contributed by atoms with Crippen LogP contribution in [0.1, 0.15) is 33.6 Å². The molecule has 2 unspecified atom stereocenters. The summed E-state index contributed by atoms with van der Waals surface area (Å²) in [7, 11) is 0. The summed E-state index contributed by atoms with van der Waals surface area (Å²) in [4.78, 5) is 0. The summed E-state index contributed by atoms with van der Waals surface area (Å²) in [6.45, 7) is 8.69. The Morgan fingerprint density at radius 3 is 2.64 bits per heavy atom. The van der Waals surface area contributed by atoms with Crippen LogP contribution in [-0.4, -0.2) is 29.6 Å². The minimum atomic E-state index is 0.461. The topological polar surface area (TPSA) is 38.0 Å². The molecule has 0 aromatic rings. The zero-order chi connectivity index (χ0) is 10.6. The van der Waals surface area contributed by atoms with Crippen LogP contribution in [0.3, 0.4) is 0 Å². The van der Waals surface area contributed by atoms with Gasteiger partial charge in [-0.25, -0.2) is 0 Å². The van der Waals surface area contributed by atoms with Gasteiger partial charge in [0.2, 0.25) is 0 Å². The molecule has 0 saturated carbocycles. The molecule has 1 aliphatic rings. The molecule has 2 nitrogen and oxygen atoms in total. The Bertz CT molecular complexity index is 165. The van der Waals surface area contributed by atoms with E-state index in [1.165, 1.54) is 18.6 Å². The van der Waals surface area contributed by atoms with Crippen molar-refractivity contribution < 1.29 is 0 Å². The first-order chi connectivity index (χ1) is 6.57. The highest BCUT2D eigenvalue weighted by atomic mass is 32.2. The molecule has 0 bridgehead atoms. The minimum absolute atomic E-state index is 0.461. The lowest BCUT2D eigenvalue weighted by Crippen LogP contribution is -2.45. The summed E-state index contributed by atoms with van der Waals surface area (Å²) in [6, 6.07) is 0.480. The van der Waals surface area contributed by atoms with E-state index in [-0.39, 0.29) is 0 Å². The Morgan fingerprint density at radius 2 is 2.21 bits per heavy atom. The third kappa shape index (κ3) is 3.44. The normalized spacial score (nSPS) is 29.8. The van der Waals surface area contributed by atoms with Gasteiger partial charge in [-0.1, -0.05) is 13.8 Å². The Labute approximate surface area is 92.4 Å². The highest BCUT2D eigenvalue weighted by Gasteiger charge is 2.29. The summed E-state index contributed by atoms with van der Waals surface area (Å²) in [6.07, 6.45) is 2.72. The molecular formula is C11H24N2S. The summed E-state index contributed by atoms with van der Waals surface area (Å²) >= 11 is 2.11. The quantitative estimate of drug-likeness (QED) is 0.736. The van der Waals surface area contributed by atoms with Crippen molar-refractivity contribution in [3.05, 3.63) is 0 Å². The van der Waals surface area contributed by atoms with Crippen molar-refractivity contribution in [2.45, 2.75) is 44.4 Å².